The number of hydrogen-bond donors (Lipinski definition) is 1. The van der Waals surface area contributed by atoms with Gasteiger partial charge < -0.3 is 18.1 Å². The fourth-order valence-corrected chi connectivity index (χ4v) is 0. The summed E-state index contributed by atoms with van der Waals surface area (Å²) < 4.78 is 0. The Balaban J connectivity index is 0. The lowest BCUT2D eigenvalue weighted by Crippen LogP contribution is -3.00. The molecule has 0 bridgehead atoms. The Morgan fingerprint density at radius 3 is 2.00 bits per heavy atom. The normalized spacial score (nSPS) is 6.33. The minimum absolute atomic E-state index is 0. The van der Waals surface area contributed by atoms with E-state index in [1.807, 2.05) is 6.92 Å². The van der Waals surface area contributed by atoms with Gasteiger partial charge in [0.2, 0.25) is 0 Å². The predicted molar refractivity (Wildman–Crippen MR) is 22.6 cm³/mol. The van der Waals surface area contributed by atoms with Crippen LogP contribution in [0.4, 0.5) is 0 Å². The van der Waals surface area contributed by atoms with Crippen molar-refractivity contribution in [1.82, 2.24) is 0 Å². The molecule has 0 aliphatic carbocycles. The van der Waals surface area contributed by atoms with Gasteiger partial charge in [-0.1, -0.05) is 6.58 Å². The lowest BCUT2D eigenvalue weighted by atomic mass is 10.4. The molecule has 0 atom stereocenters. The van der Waals surface area contributed by atoms with Crippen LogP contribution in [-0.2, 0) is 0 Å². The highest BCUT2D eigenvalue weighted by molar-refractivity contribution is 4.85. The zero-order chi connectivity index (χ0) is 4.28. The lowest BCUT2D eigenvalue weighted by Gasteiger charge is -1.77. The van der Waals surface area contributed by atoms with Crippen molar-refractivity contribution in [2.75, 3.05) is 6.54 Å². The van der Waals surface area contributed by atoms with Crippen LogP contribution in [-0.4, -0.2) is 6.54 Å². The lowest BCUT2D eigenvalue weighted by molar-refractivity contribution is -0.355. The molecule has 0 unspecified atom stereocenters. The molecule has 0 aliphatic rings. The first-order valence-electron chi connectivity index (χ1n) is 1.71. The van der Waals surface area contributed by atoms with Crippen LogP contribution < -0.4 is 18.1 Å². The summed E-state index contributed by atoms with van der Waals surface area (Å²) >= 11 is 0. The van der Waals surface area contributed by atoms with Crippen LogP contribution in [0.2, 0.25) is 0 Å². The van der Waals surface area contributed by atoms with E-state index in [0.29, 0.717) is 0 Å². The minimum Gasteiger partial charge on any atom is -1.00 e. The highest BCUT2D eigenvalue weighted by atomic mass is 35.5. The summed E-state index contributed by atoms with van der Waals surface area (Å²) in [5.41, 5.74) is 4.73. The van der Waals surface area contributed by atoms with Crippen LogP contribution >= 0.6 is 0 Å². The summed E-state index contributed by atoms with van der Waals surface area (Å²) in [5.74, 6) is 0. The third-order valence-electron chi connectivity index (χ3n) is 0.427. The molecular formula is C4H10ClN. The van der Waals surface area contributed by atoms with Gasteiger partial charge in [-0.3, -0.25) is 0 Å². The van der Waals surface area contributed by atoms with Crippen molar-refractivity contribution in [2.24, 2.45) is 0 Å². The number of halogens is 1. The van der Waals surface area contributed by atoms with E-state index in [4.69, 9.17) is 0 Å². The van der Waals surface area contributed by atoms with Crippen molar-refractivity contribution < 1.29 is 18.1 Å². The molecule has 6 heavy (non-hydrogen) atoms. The van der Waals surface area contributed by atoms with E-state index in [9.17, 15) is 0 Å². The summed E-state index contributed by atoms with van der Waals surface area (Å²) in [7, 11) is 0. The second-order valence-corrected chi connectivity index (χ2v) is 1.21. The van der Waals surface area contributed by atoms with E-state index >= 15 is 0 Å². The van der Waals surface area contributed by atoms with Gasteiger partial charge in [-0.05, 0) is 12.5 Å². The van der Waals surface area contributed by atoms with Crippen LogP contribution in [0.15, 0.2) is 12.2 Å². The maximum Gasteiger partial charge on any atom is 0.0951 e. The maximum atomic E-state index is 3.61. The molecule has 0 saturated heterocycles. The van der Waals surface area contributed by atoms with Crippen LogP contribution in [0, 0.1) is 0 Å². The van der Waals surface area contributed by atoms with Crippen molar-refractivity contribution in [2.45, 2.75) is 6.92 Å². The van der Waals surface area contributed by atoms with E-state index in [1.54, 1.807) is 0 Å². The number of rotatable bonds is 1. The third kappa shape index (κ3) is 9.01. The van der Waals surface area contributed by atoms with E-state index in [1.165, 1.54) is 0 Å². The van der Waals surface area contributed by atoms with Gasteiger partial charge in [0.05, 0.1) is 6.54 Å². The topological polar surface area (TPSA) is 27.6 Å². The third-order valence-corrected chi connectivity index (χ3v) is 0.427. The van der Waals surface area contributed by atoms with Gasteiger partial charge in [0.25, 0.3) is 0 Å². The molecule has 0 aromatic carbocycles. The zero-order valence-electron chi connectivity index (χ0n) is 4.00. The van der Waals surface area contributed by atoms with Crippen LogP contribution in [0.3, 0.4) is 0 Å². The van der Waals surface area contributed by atoms with E-state index in [-0.39, 0.29) is 12.4 Å². The van der Waals surface area contributed by atoms with Gasteiger partial charge in [0.1, 0.15) is 0 Å². The molecule has 0 aromatic heterocycles. The van der Waals surface area contributed by atoms with E-state index in [0.717, 1.165) is 12.1 Å². The fourth-order valence-electron chi connectivity index (χ4n) is 0. The first kappa shape index (κ1) is 9.37. The molecule has 0 heterocycles. The van der Waals surface area contributed by atoms with Crippen LogP contribution in [0.5, 0.6) is 0 Å². The van der Waals surface area contributed by atoms with Crippen molar-refractivity contribution in [3.8, 4) is 0 Å². The van der Waals surface area contributed by atoms with Crippen molar-refractivity contribution >= 4 is 0 Å². The Labute approximate surface area is 44.6 Å². The molecule has 1 nitrogen and oxygen atoms in total. The molecule has 0 aromatic rings. The molecular weight excluding hydrogens is 97.5 g/mol. The number of quaternary nitrogens is 1. The summed E-state index contributed by atoms with van der Waals surface area (Å²) in [6.07, 6.45) is 0. The van der Waals surface area contributed by atoms with Gasteiger partial charge in [-0.2, -0.15) is 0 Å². The predicted octanol–water partition coefficient (Wildman–Crippen LogP) is -3.19. The average Bonchev–Trinajstić information content (AvgIpc) is 1.38. The molecule has 0 saturated carbocycles. The largest absolute Gasteiger partial charge is 1.00 e. The molecule has 0 radical (unpaired) electrons. The standard InChI is InChI=1S/C4H9N.ClH/c1-4(2)3-5;/h1,3,5H2,2H3;1H. The first-order chi connectivity index (χ1) is 2.27. The van der Waals surface area contributed by atoms with Gasteiger partial charge in [0, 0.05) is 0 Å². The van der Waals surface area contributed by atoms with E-state index < -0.39 is 0 Å². The Hall–Kier alpha value is -0.0100. The SMILES string of the molecule is C=C(C)C[NH3+].[Cl-]. The van der Waals surface area contributed by atoms with Gasteiger partial charge in [-0.25, -0.2) is 0 Å². The fraction of sp³-hybridized carbons (Fsp3) is 0.500. The zero-order valence-corrected chi connectivity index (χ0v) is 4.76. The van der Waals surface area contributed by atoms with Crippen LogP contribution in [0.1, 0.15) is 6.92 Å². The monoisotopic (exact) mass is 107 g/mol. The Bertz CT molecular complexity index is 42.8. The molecule has 3 N–H and O–H groups in total. The first-order valence-corrected chi connectivity index (χ1v) is 1.71. The highest BCUT2D eigenvalue weighted by Gasteiger charge is 1.71. The molecule has 0 fully saturated rings. The molecule has 0 amide bonds. The smallest absolute Gasteiger partial charge is 0.0951 e. The Morgan fingerprint density at radius 2 is 2.00 bits per heavy atom. The number of hydrogen-bond acceptors (Lipinski definition) is 0. The summed E-state index contributed by atoms with van der Waals surface area (Å²) in [5, 5.41) is 0. The maximum absolute atomic E-state index is 3.61. The minimum atomic E-state index is 0. The summed E-state index contributed by atoms with van der Waals surface area (Å²) in [4.78, 5) is 0. The van der Waals surface area contributed by atoms with Gasteiger partial charge in [0.15, 0.2) is 0 Å². The second-order valence-electron chi connectivity index (χ2n) is 1.21. The van der Waals surface area contributed by atoms with Crippen LogP contribution in [0.25, 0.3) is 0 Å². The van der Waals surface area contributed by atoms with E-state index in [2.05, 4.69) is 12.3 Å². The summed E-state index contributed by atoms with van der Waals surface area (Å²) in [6, 6.07) is 0. The van der Waals surface area contributed by atoms with Crippen molar-refractivity contribution in [1.29, 1.82) is 0 Å². The van der Waals surface area contributed by atoms with Gasteiger partial charge >= 0.3 is 0 Å². The van der Waals surface area contributed by atoms with Crippen molar-refractivity contribution in [3.63, 3.8) is 0 Å². The molecule has 0 spiro atoms. The second kappa shape index (κ2) is 4.99. The Kier molecular flexibility index (Phi) is 7.79. The van der Waals surface area contributed by atoms with Crippen molar-refractivity contribution in [3.05, 3.63) is 12.2 Å². The average molecular weight is 108 g/mol. The Morgan fingerprint density at radius 1 is 1.83 bits per heavy atom. The summed E-state index contributed by atoms with van der Waals surface area (Å²) in [6.45, 7) is 6.44. The molecule has 0 rings (SSSR count). The molecule has 0 aliphatic heterocycles. The molecule has 2 heteroatoms. The molecule has 38 valence electrons. The van der Waals surface area contributed by atoms with Gasteiger partial charge in [-0.15, -0.1) is 0 Å². The quantitative estimate of drug-likeness (QED) is 0.342. The highest BCUT2D eigenvalue weighted by Crippen LogP contribution is 1.72.